The van der Waals surface area contributed by atoms with Crippen LogP contribution in [0.5, 0.6) is 0 Å². The van der Waals surface area contributed by atoms with Crippen LogP contribution in [0, 0.1) is 3.57 Å². The maximum absolute atomic E-state index is 12.1. The number of nitrogens with zero attached hydrogens (tertiary/aromatic N) is 1. The maximum Gasteiger partial charge on any atom is 0.326 e. The fraction of sp³-hybridized carbons (Fsp3) is 0.350. The Hall–Kier alpha value is -2.74. The first kappa shape index (κ1) is 25.5. The Kier molecular flexibility index (Phi) is 10.3. The molecule has 0 saturated heterocycles. The molecular formula is C20H23IN4O6S. The summed E-state index contributed by atoms with van der Waals surface area (Å²) in [6.45, 7) is 0.359. The monoisotopic (exact) mass is 574 g/mol. The molecule has 1 heterocycles. The summed E-state index contributed by atoms with van der Waals surface area (Å²) in [5, 5.41) is 27.6. The summed E-state index contributed by atoms with van der Waals surface area (Å²) >= 11 is 3.45. The van der Waals surface area contributed by atoms with Crippen molar-refractivity contribution in [3.63, 3.8) is 0 Å². The number of halogens is 1. The highest BCUT2D eigenvalue weighted by Gasteiger charge is 2.25. The van der Waals surface area contributed by atoms with E-state index < -0.39 is 30.1 Å². The van der Waals surface area contributed by atoms with Gasteiger partial charge in [-0.15, -0.1) is 11.3 Å². The van der Waals surface area contributed by atoms with Crippen molar-refractivity contribution in [1.29, 1.82) is 0 Å². The highest BCUT2D eigenvalue weighted by molar-refractivity contribution is 14.1. The van der Waals surface area contributed by atoms with Crippen LogP contribution >= 0.6 is 33.9 Å². The first-order valence-corrected chi connectivity index (χ1v) is 11.7. The Labute approximate surface area is 202 Å². The lowest BCUT2D eigenvalue weighted by Gasteiger charge is -2.18. The third-order valence-corrected chi connectivity index (χ3v) is 5.77. The number of aromatic nitrogens is 1. The number of unbranched alkanes of at least 4 members (excludes halogenated alkanes) is 1. The van der Waals surface area contributed by atoms with E-state index in [9.17, 15) is 29.4 Å². The van der Waals surface area contributed by atoms with E-state index in [4.69, 9.17) is 0 Å². The molecule has 10 nitrogen and oxygen atoms in total. The number of urea groups is 1. The van der Waals surface area contributed by atoms with Crippen LogP contribution in [0.15, 0.2) is 35.2 Å². The summed E-state index contributed by atoms with van der Waals surface area (Å²) in [6, 6.07) is 3.80. The number of benzene rings is 1. The smallest absolute Gasteiger partial charge is 0.326 e. The first-order valence-electron chi connectivity index (χ1n) is 9.69. The van der Waals surface area contributed by atoms with Crippen LogP contribution in [0.25, 0.3) is 0 Å². The van der Waals surface area contributed by atoms with Crippen LogP contribution in [0.2, 0.25) is 0 Å². The zero-order valence-electron chi connectivity index (χ0n) is 16.9. The number of carboxylic acids is 2. The Morgan fingerprint density at radius 1 is 1.00 bits per heavy atom. The molecule has 2 aromatic rings. The van der Waals surface area contributed by atoms with Crippen LogP contribution in [0.3, 0.4) is 0 Å². The highest BCUT2D eigenvalue weighted by Crippen LogP contribution is 2.08. The molecule has 1 aromatic heterocycles. The standard InChI is InChI=1S/C20H23IN4O6S/c21-13-6-4-12(5-7-13)17(26)22-8-2-1-3-15(18(27)28)24-20(31)25-16(19(29)30)9-14-10-32-11-23-14/h4-7,10-11,15-16H,1-3,8-9H2,(H,22,26)(H,27,28)(H,29,30)(H2,24,25,31)/t15-,16-/m0/s1. The van der Waals surface area contributed by atoms with Crippen molar-refractivity contribution >= 4 is 57.8 Å². The lowest BCUT2D eigenvalue weighted by molar-refractivity contribution is -0.139. The van der Waals surface area contributed by atoms with Crippen LogP contribution in [0.1, 0.15) is 35.3 Å². The fourth-order valence-electron chi connectivity index (χ4n) is 2.74. The normalized spacial score (nSPS) is 12.4. The Bertz CT molecular complexity index is 923. The third kappa shape index (κ3) is 8.78. The molecule has 5 N–H and O–H groups in total. The van der Waals surface area contributed by atoms with Crippen molar-refractivity contribution in [3.05, 3.63) is 50.0 Å². The highest BCUT2D eigenvalue weighted by atomic mass is 127. The minimum Gasteiger partial charge on any atom is -0.480 e. The van der Waals surface area contributed by atoms with Crippen molar-refractivity contribution in [2.75, 3.05) is 6.54 Å². The number of carbonyl (C=O) groups excluding carboxylic acids is 2. The van der Waals surface area contributed by atoms with E-state index in [1.807, 2.05) is 12.1 Å². The molecular weight excluding hydrogens is 551 g/mol. The van der Waals surface area contributed by atoms with Crippen LogP contribution in [-0.2, 0) is 16.0 Å². The maximum atomic E-state index is 12.1. The van der Waals surface area contributed by atoms with E-state index in [1.54, 1.807) is 23.0 Å². The van der Waals surface area contributed by atoms with E-state index in [0.29, 0.717) is 30.6 Å². The first-order chi connectivity index (χ1) is 15.3. The lowest BCUT2D eigenvalue weighted by atomic mass is 10.1. The zero-order chi connectivity index (χ0) is 23.5. The van der Waals surface area contributed by atoms with E-state index in [-0.39, 0.29) is 18.7 Å². The molecule has 0 unspecified atom stereocenters. The van der Waals surface area contributed by atoms with Gasteiger partial charge in [0.1, 0.15) is 12.1 Å². The van der Waals surface area contributed by atoms with Crippen LogP contribution in [0.4, 0.5) is 4.79 Å². The zero-order valence-corrected chi connectivity index (χ0v) is 19.9. The van der Waals surface area contributed by atoms with Gasteiger partial charge in [0.25, 0.3) is 5.91 Å². The molecule has 2 rings (SSSR count). The van der Waals surface area contributed by atoms with Crippen molar-refractivity contribution in [2.45, 2.75) is 37.8 Å². The van der Waals surface area contributed by atoms with E-state index >= 15 is 0 Å². The van der Waals surface area contributed by atoms with Gasteiger partial charge in [-0.25, -0.2) is 19.4 Å². The number of thiazole rings is 1. The minimum absolute atomic E-state index is 0.00967. The number of hydrogen-bond acceptors (Lipinski definition) is 6. The van der Waals surface area contributed by atoms with Crippen LogP contribution < -0.4 is 16.0 Å². The van der Waals surface area contributed by atoms with E-state index in [0.717, 1.165) is 3.57 Å². The SMILES string of the molecule is O=C(N[C@@H](CCCCNC(=O)c1ccc(I)cc1)C(=O)O)N[C@@H](Cc1cscn1)C(=O)O. The predicted molar refractivity (Wildman–Crippen MR) is 126 cm³/mol. The van der Waals surface area contributed by atoms with Gasteiger partial charge in [-0.2, -0.15) is 0 Å². The average Bonchev–Trinajstić information content (AvgIpc) is 3.25. The van der Waals surface area contributed by atoms with Gasteiger partial charge in [-0.1, -0.05) is 0 Å². The van der Waals surface area contributed by atoms with Crippen LogP contribution in [-0.4, -0.2) is 57.7 Å². The lowest BCUT2D eigenvalue weighted by Crippen LogP contribution is -2.51. The summed E-state index contributed by atoms with van der Waals surface area (Å²) in [5.41, 5.74) is 2.61. The number of nitrogens with one attached hydrogen (secondary N) is 3. The Balaban J connectivity index is 1.74. The number of amides is 3. The number of hydrogen-bond donors (Lipinski definition) is 5. The number of carboxylic acid groups (broad SMARTS) is 2. The van der Waals surface area contributed by atoms with E-state index in [2.05, 4.69) is 43.5 Å². The van der Waals surface area contributed by atoms with Gasteiger partial charge in [0.2, 0.25) is 0 Å². The summed E-state index contributed by atoms with van der Waals surface area (Å²) in [6.07, 6.45) is 1.08. The van der Waals surface area contributed by atoms with Gasteiger partial charge in [0.15, 0.2) is 0 Å². The molecule has 0 spiro atoms. The molecule has 0 radical (unpaired) electrons. The molecule has 0 saturated carbocycles. The van der Waals surface area contributed by atoms with E-state index in [1.165, 1.54) is 11.3 Å². The molecule has 0 bridgehead atoms. The summed E-state index contributed by atoms with van der Waals surface area (Å²) in [7, 11) is 0. The summed E-state index contributed by atoms with van der Waals surface area (Å²) in [4.78, 5) is 51.0. The molecule has 3 amide bonds. The largest absolute Gasteiger partial charge is 0.480 e. The number of rotatable bonds is 12. The second kappa shape index (κ2) is 13.0. The van der Waals surface area contributed by atoms with Gasteiger partial charge in [-0.05, 0) is 66.1 Å². The van der Waals surface area contributed by atoms with Gasteiger partial charge in [-0.3, -0.25) is 4.79 Å². The number of aliphatic carboxylic acids is 2. The number of carbonyl (C=O) groups is 4. The van der Waals surface area contributed by atoms with Gasteiger partial charge < -0.3 is 26.2 Å². The second-order valence-electron chi connectivity index (χ2n) is 6.84. The van der Waals surface area contributed by atoms with Gasteiger partial charge in [0.05, 0.1) is 11.2 Å². The molecule has 0 aliphatic rings. The molecule has 0 aliphatic carbocycles. The Morgan fingerprint density at radius 2 is 1.66 bits per heavy atom. The van der Waals surface area contributed by atoms with Crippen molar-refractivity contribution in [1.82, 2.24) is 20.9 Å². The topological polar surface area (TPSA) is 158 Å². The molecule has 1 aromatic carbocycles. The van der Waals surface area contributed by atoms with Crippen molar-refractivity contribution < 1.29 is 29.4 Å². The third-order valence-electron chi connectivity index (χ3n) is 4.42. The fourth-order valence-corrected chi connectivity index (χ4v) is 3.67. The Morgan fingerprint density at radius 3 is 2.25 bits per heavy atom. The van der Waals surface area contributed by atoms with Crippen molar-refractivity contribution in [2.24, 2.45) is 0 Å². The minimum atomic E-state index is -1.25. The molecule has 172 valence electrons. The molecule has 32 heavy (non-hydrogen) atoms. The van der Waals surface area contributed by atoms with Crippen molar-refractivity contribution in [3.8, 4) is 0 Å². The average molecular weight is 574 g/mol. The molecule has 0 aliphatic heterocycles. The summed E-state index contributed by atoms with van der Waals surface area (Å²) < 4.78 is 1.02. The quantitative estimate of drug-likeness (QED) is 0.192. The van der Waals surface area contributed by atoms with Gasteiger partial charge in [0, 0.05) is 27.5 Å². The summed E-state index contributed by atoms with van der Waals surface area (Å²) in [5.74, 6) is -2.69. The second-order valence-corrected chi connectivity index (χ2v) is 8.81. The molecule has 12 heteroatoms. The predicted octanol–water partition coefficient (Wildman–Crippen LogP) is 2.10. The molecule has 0 fully saturated rings. The van der Waals surface area contributed by atoms with Gasteiger partial charge >= 0.3 is 18.0 Å². The molecule has 2 atom stereocenters.